The van der Waals surface area contributed by atoms with Crippen molar-refractivity contribution in [3.05, 3.63) is 29.8 Å². The molecular weight excluding hydrogens is 364 g/mol. The van der Waals surface area contributed by atoms with Crippen molar-refractivity contribution < 1.29 is 17.9 Å². The van der Waals surface area contributed by atoms with Gasteiger partial charge in [-0.3, -0.25) is 4.79 Å². The van der Waals surface area contributed by atoms with E-state index < -0.39 is 10.0 Å². The zero-order valence-corrected chi connectivity index (χ0v) is 17.2. The van der Waals surface area contributed by atoms with E-state index in [9.17, 15) is 13.2 Å². The molecule has 27 heavy (non-hydrogen) atoms. The number of amides is 1. The Hall–Kier alpha value is -1.44. The number of nitrogens with zero attached hydrogens (tertiary/aromatic N) is 2. The quantitative estimate of drug-likeness (QED) is 0.788. The number of sulfonamides is 1. The fourth-order valence-electron chi connectivity index (χ4n) is 4.10. The second kappa shape index (κ2) is 8.29. The monoisotopic (exact) mass is 394 g/mol. The highest BCUT2D eigenvalue weighted by Crippen LogP contribution is 2.26. The number of carbonyl (C=O) groups excluding carboxylic acids is 1. The molecule has 1 saturated carbocycles. The van der Waals surface area contributed by atoms with Crippen LogP contribution >= 0.6 is 0 Å². The molecule has 1 amide bonds. The van der Waals surface area contributed by atoms with Crippen molar-refractivity contribution in [2.45, 2.75) is 69.1 Å². The van der Waals surface area contributed by atoms with Crippen LogP contribution in [0.1, 0.15) is 56.3 Å². The SMILES string of the molecule is CC1CN(C(=O)c2ccc(S(=O)(=O)N(C)C3CCCCC3)cc2)CC(C)O1. The second-order valence-electron chi connectivity index (χ2n) is 7.80. The summed E-state index contributed by atoms with van der Waals surface area (Å²) in [6.45, 7) is 5.00. The van der Waals surface area contributed by atoms with Crippen molar-refractivity contribution in [2.75, 3.05) is 20.1 Å². The van der Waals surface area contributed by atoms with Crippen molar-refractivity contribution in [1.29, 1.82) is 0 Å². The van der Waals surface area contributed by atoms with E-state index in [1.807, 2.05) is 13.8 Å². The predicted molar refractivity (Wildman–Crippen MR) is 104 cm³/mol. The van der Waals surface area contributed by atoms with Crippen LogP contribution in [0.5, 0.6) is 0 Å². The molecule has 150 valence electrons. The highest BCUT2D eigenvalue weighted by molar-refractivity contribution is 7.89. The van der Waals surface area contributed by atoms with Gasteiger partial charge in [0.05, 0.1) is 17.1 Å². The van der Waals surface area contributed by atoms with E-state index in [-0.39, 0.29) is 29.1 Å². The van der Waals surface area contributed by atoms with Gasteiger partial charge in [0.2, 0.25) is 10.0 Å². The molecule has 0 N–H and O–H groups in total. The average Bonchev–Trinajstić information content (AvgIpc) is 2.67. The third-order valence-corrected chi connectivity index (χ3v) is 7.50. The minimum atomic E-state index is -3.54. The topological polar surface area (TPSA) is 66.9 Å². The molecular formula is C20H30N2O4S. The van der Waals surface area contributed by atoms with Crippen molar-refractivity contribution in [3.8, 4) is 0 Å². The van der Waals surface area contributed by atoms with Crippen LogP contribution in [0, 0.1) is 0 Å². The summed E-state index contributed by atoms with van der Waals surface area (Å²) < 4.78 is 33.0. The molecule has 3 rings (SSSR count). The van der Waals surface area contributed by atoms with Gasteiger partial charge in [0, 0.05) is 31.7 Å². The lowest BCUT2D eigenvalue weighted by atomic mass is 9.96. The lowest BCUT2D eigenvalue weighted by molar-refractivity contribution is -0.0586. The molecule has 1 aliphatic carbocycles. The van der Waals surface area contributed by atoms with Gasteiger partial charge in [-0.15, -0.1) is 0 Å². The molecule has 1 aromatic carbocycles. The molecule has 0 spiro atoms. The first-order valence-electron chi connectivity index (χ1n) is 9.82. The summed E-state index contributed by atoms with van der Waals surface area (Å²) in [6, 6.07) is 6.41. The molecule has 0 aromatic heterocycles. The van der Waals surface area contributed by atoms with Gasteiger partial charge >= 0.3 is 0 Å². The molecule has 1 saturated heterocycles. The van der Waals surface area contributed by atoms with Crippen LogP contribution in [0.25, 0.3) is 0 Å². The third-order valence-electron chi connectivity index (χ3n) is 5.57. The van der Waals surface area contributed by atoms with Crippen LogP contribution in [0.2, 0.25) is 0 Å². The van der Waals surface area contributed by atoms with E-state index in [2.05, 4.69) is 0 Å². The van der Waals surface area contributed by atoms with E-state index >= 15 is 0 Å². The van der Waals surface area contributed by atoms with Crippen LogP contribution in [0.15, 0.2) is 29.2 Å². The summed E-state index contributed by atoms with van der Waals surface area (Å²) in [5.74, 6) is -0.0819. The highest BCUT2D eigenvalue weighted by atomic mass is 32.2. The van der Waals surface area contributed by atoms with Crippen LogP contribution < -0.4 is 0 Å². The fourth-order valence-corrected chi connectivity index (χ4v) is 5.52. The molecule has 1 heterocycles. The first-order valence-corrected chi connectivity index (χ1v) is 11.3. The molecule has 6 nitrogen and oxygen atoms in total. The number of ether oxygens (including phenoxy) is 1. The van der Waals surface area contributed by atoms with E-state index in [1.165, 1.54) is 10.7 Å². The molecule has 2 aliphatic rings. The zero-order chi connectivity index (χ0) is 19.6. The molecule has 0 radical (unpaired) electrons. The number of morpholine rings is 1. The minimum Gasteiger partial charge on any atom is -0.372 e. The molecule has 1 aromatic rings. The van der Waals surface area contributed by atoms with Gasteiger partial charge in [-0.1, -0.05) is 19.3 Å². The van der Waals surface area contributed by atoms with Gasteiger partial charge in [-0.2, -0.15) is 4.31 Å². The van der Waals surface area contributed by atoms with Gasteiger partial charge in [0.1, 0.15) is 0 Å². The summed E-state index contributed by atoms with van der Waals surface area (Å²) in [5, 5.41) is 0. The summed E-state index contributed by atoms with van der Waals surface area (Å²) in [4.78, 5) is 14.8. The van der Waals surface area contributed by atoms with E-state index in [0.29, 0.717) is 18.7 Å². The van der Waals surface area contributed by atoms with Crippen LogP contribution in [0.4, 0.5) is 0 Å². The molecule has 0 bridgehead atoms. The maximum Gasteiger partial charge on any atom is 0.254 e. The van der Waals surface area contributed by atoms with E-state index in [4.69, 9.17) is 4.74 Å². The normalized spacial score (nSPS) is 25.0. The summed E-state index contributed by atoms with van der Waals surface area (Å²) in [7, 11) is -1.87. The lowest BCUT2D eigenvalue weighted by Crippen LogP contribution is -2.48. The molecule has 1 aliphatic heterocycles. The maximum atomic E-state index is 12.9. The van der Waals surface area contributed by atoms with Crippen LogP contribution in [0.3, 0.4) is 0 Å². The van der Waals surface area contributed by atoms with E-state index in [0.717, 1.165) is 25.7 Å². The molecule has 2 unspecified atom stereocenters. The number of carbonyl (C=O) groups is 1. The Morgan fingerprint density at radius 2 is 1.59 bits per heavy atom. The van der Waals surface area contributed by atoms with Crippen molar-refractivity contribution in [1.82, 2.24) is 9.21 Å². The van der Waals surface area contributed by atoms with Crippen molar-refractivity contribution in [3.63, 3.8) is 0 Å². The van der Waals surface area contributed by atoms with Gasteiger partial charge in [0.25, 0.3) is 5.91 Å². The number of hydrogen-bond acceptors (Lipinski definition) is 4. The number of rotatable bonds is 4. The van der Waals surface area contributed by atoms with Gasteiger partial charge in [0.15, 0.2) is 0 Å². The maximum absolute atomic E-state index is 12.9. The van der Waals surface area contributed by atoms with E-state index in [1.54, 1.807) is 36.2 Å². The third kappa shape index (κ3) is 4.52. The first kappa shape index (κ1) is 20.3. The zero-order valence-electron chi connectivity index (χ0n) is 16.4. The van der Waals surface area contributed by atoms with Gasteiger partial charge in [-0.05, 0) is 51.0 Å². The summed E-state index contributed by atoms with van der Waals surface area (Å²) >= 11 is 0. The molecule has 2 fully saturated rings. The Morgan fingerprint density at radius 1 is 1.04 bits per heavy atom. The van der Waals surface area contributed by atoms with Crippen LogP contribution in [-0.2, 0) is 14.8 Å². The minimum absolute atomic E-state index is 0.00138. The Morgan fingerprint density at radius 3 is 2.15 bits per heavy atom. The van der Waals surface area contributed by atoms with Crippen molar-refractivity contribution >= 4 is 15.9 Å². The second-order valence-corrected chi connectivity index (χ2v) is 9.80. The Labute approximate surface area is 162 Å². The number of benzene rings is 1. The molecule has 7 heteroatoms. The average molecular weight is 395 g/mol. The number of hydrogen-bond donors (Lipinski definition) is 0. The Kier molecular flexibility index (Phi) is 6.23. The van der Waals surface area contributed by atoms with Crippen LogP contribution in [-0.4, -0.2) is 61.9 Å². The Bertz CT molecular complexity index is 747. The van der Waals surface area contributed by atoms with Gasteiger partial charge < -0.3 is 9.64 Å². The molecule has 2 atom stereocenters. The predicted octanol–water partition coefficient (Wildman–Crippen LogP) is 2.89. The lowest BCUT2D eigenvalue weighted by Gasteiger charge is -2.35. The standard InChI is InChI=1S/C20H30N2O4S/c1-15-13-22(14-16(2)26-15)20(23)17-9-11-19(12-10-17)27(24,25)21(3)18-7-5-4-6-8-18/h9-12,15-16,18H,4-8,13-14H2,1-3H3. The fraction of sp³-hybridized carbons (Fsp3) is 0.650. The largest absolute Gasteiger partial charge is 0.372 e. The summed E-state index contributed by atoms with van der Waals surface area (Å²) in [6.07, 6.45) is 5.17. The smallest absolute Gasteiger partial charge is 0.254 e. The van der Waals surface area contributed by atoms with Crippen molar-refractivity contribution in [2.24, 2.45) is 0 Å². The van der Waals surface area contributed by atoms with Gasteiger partial charge in [-0.25, -0.2) is 8.42 Å². The first-order chi connectivity index (χ1) is 12.8. The Balaban J connectivity index is 1.73. The highest BCUT2D eigenvalue weighted by Gasteiger charge is 2.30. The summed E-state index contributed by atoms with van der Waals surface area (Å²) in [5.41, 5.74) is 0.510.